The first-order valence-electron chi connectivity index (χ1n) is 20.7. The van der Waals surface area contributed by atoms with Crippen LogP contribution in [0.4, 0.5) is 0 Å². The van der Waals surface area contributed by atoms with Crippen LogP contribution in [0, 0.1) is 0 Å². The highest BCUT2D eigenvalue weighted by Crippen LogP contribution is 2.33. The van der Waals surface area contributed by atoms with Crippen LogP contribution in [-0.4, -0.2) is 114 Å². The molecule has 0 aliphatic rings. The van der Waals surface area contributed by atoms with Gasteiger partial charge in [-0.15, -0.1) is 0 Å². The SMILES string of the molecule is [3H]C(c1[nH]cc(CCC(=O)O)c1CC(=O)O)c1[nH]c(C([3H])c2[nH]c(C([3H])c3[nH]c([C@@H]([3H])O)c(CC(=O)O)c3CCC(=O)O)c(CC(=O)O)c2CCC(=O)O)c(CC(=O)O)c1CCC(=O)O. The lowest BCUT2D eigenvalue weighted by atomic mass is 9.94. The van der Waals surface area contributed by atoms with Crippen molar-refractivity contribution in [1.82, 2.24) is 19.9 Å². The number of hydrogen-bond acceptors (Lipinski definition) is 9. The van der Waals surface area contributed by atoms with Crippen molar-refractivity contribution in [2.75, 3.05) is 0 Å². The third-order valence-corrected chi connectivity index (χ3v) is 9.65. The summed E-state index contributed by atoms with van der Waals surface area (Å²) in [6, 6.07) is 0. The standard InChI is InChI=1S/C40H46N4O17/c45-17-32-25(12-40(60)61)21(4-8-36(52)53)29(44-32)15-31-24(11-39(58)59)20(3-7-35(50)51)28(43-31)14-30-23(10-38(56)57)19(2-6-34(48)49)27(42-30)13-26-22(9-37(54)55)18(16-41-26)1-5-33(46)47/h16,41-45H,1-15,17H2,(H,46,47)(H,48,49)(H,50,51)(H,52,53)(H,54,55)(H,56,57)(H,58,59)(H,60,61)/i13T,14T,15T,17T/t13?,14?,15?,17-/m1/s1. The van der Waals surface area contributed by atoms with E-state index in [1.165, 1.54) is 6.20 Å². The Balaban J connectivity index is 2.07. The minimum Gasteiger partial charge on any atom is -0.481 e. The second-order valence-electron chi connectivity index (χ2n) is 13.9. The Morgan fingerprint density at radius 2 is 0.689 bits per heavy atom. The molecule has 21 nitrogen and oxygen atoms in total. The Hall–Kier alpha value is -7.16. The average molecular weight is 863 g/mol. The van der Waals surface area contributed by atoms with Gasteiger partial charge in [-0.25, -0.2) is 0 Å². The van der Waals surface area contributed by atoms with Crippen molar-refractivity contribution >= 4 is 47.8 Å². The molecule has 0 spiro atoms. The Morgan fingerprint density at radius 1 is 0.393 bits per heavy atom. The molecule has 0 saturated heterocycles. The first-order valence-corrected chi connectivity index (χ1v) is 18.4. The summed E-state index contributed by atoms with van der Waals surface area (Å²) in [7, 11) is 0. The number of aliphatic carboxylic acids is 8. The summed E-state index contributed by atoms with van der Waals surface area (Å²) < 4.78 is 36.3. The lowest BCUT2D eigenvalue weighted by Crippen LogP contribution is -2.09. The van der Waals surface area contributed by atoms with E-state index < -0.39 is 150 Å². The quantitative estimate of drug-likeness (QED) is 0.0407. The fourth-order valence-electron chi connectivity index (χ4n) is 7.10. The predicted molar refractivity (Wildman–Crippen MR) is 207 cm³/mol. The van der Waals surface area contributed by atoms with Crippen LogP contribution >= 0.6 is 0 Å². The Bertz CT molecular complexity index is 2500. The lowest BCUT2D eigenvalue weighted by Gasteiger charge is -2.09. The minimum absolute atomic E-state index is 0.0192. The molecule has 0 aliphatic heterocycles. The van der Waals surface area contributed by atoms with Crippen molar-refractivity contribution in [3.63, 3.8) is 0 Å². The number of aromatic nitrogens is 4. The third-order valence-electron chi connectivity index (χ3n) is 9.65. The molecule has 3 unspecified atom stereocenters. The van der Waals surface area contributed by atoms with Gasteiger partial charge in [0.25, 0.3) is 0 Å². The van der Waals surface area contributed by atoms with E-state index in [1.54, 1.807) is 0 Å². The van der Waals surface area contributed by atoms with Crippen LogP contribution in [0.1, 0.15) is 116 Å². The molecule has 4 atom stereocenters. The highest BCUT2D eigenvalue weighted by Gasteiger charge is 2.28. The maximum absolute atomic E-state index is 12.4. The number of aromatic amines is 4. The molecule has 0 amide bonds. The molecule has 0 fully saturated rings. The normalized spacial score (nSPS) is 14.2. The first kappa shape index (κ1) is 40.6. The molecule has 61 heavy (non-hydrogen) atoms. The van der Waals surface area contributed by atoms with E-state index in [9.17, 15) is 88.4 Å². The van der Waals surface area contributed by atoms with Crippen molar-refractivity contribution < 1.29 is 89.8 Å². The van der Waals surface area contributed by atoms with Crippen LogP contribution in [0.3, 0.4) is 0 Å². The zero-order chi connectivity index (χ0) is 48.6. The molecule has 0 aromatic carbocycles. The summed E-state index contributed by atoms with van der Waals surface area (Å²) in [4.78, 5) is 107. The largest absolute Gasteiger partial charge is 0.481 e. The van der Waals surface area contributed by atoms with Gasteiger partial charge in [-0.1, -0.05) is 0 Å². The topological polar surface area (TPSA) is 382 Å². The van der Waals surface area contributed by atoms with Crippen LogP contribution in [0.15, 0.2) is 6.20 Å². The first-order chi connectivity index (χ1) is 30.4. The fraction of sp³-hybridized carbons (Fsp3) is 0.400. The molecule has 4 aromatic heterocycles. The number of aryl methyl sites for hydroxylation is 1. The maximum Gasteiger partial charge on any atom is 0.307 e. The fourth-order valence-corrected chi connectivity index (χ4v) is 7.10. The van der Waals surface area contributed by atoms with Crippen LogP contribution in [0.2, 0.25) is 0 Å². The molecule has 4 aromatic rings. The molecule has 0 aliphatic carbocycles. The van der Waals surface area contributed by atoms with Crippen LogP contribution in [-0.2, 0) is 115 Å². The van der Waals surface area contributed by atoms with Gasteiger partial charge in [0.2, 0.25) is 0 Å². The van der Waals surface area contributed by atoms with Gasteiger partial charge < -0.3 is 65.9 Å². The molecule has 4 heterocycles. The second-order valence-corrected chi connectivity index (χ2v) is 13.9. The van der Waals surface area contributed by atoms with Crippen LogP contribution in [0.25, 0.3) is 0 Å². The van der Waals surface area contributed by atoms with E-state index >= 15 is 0 Å². The highest BCUT2D eigenvalue weighted by molar-refractivity contribution is 5.75. The number of rotatable bonds is 27. The molecular formula is C40H46N4O17. The maximum atomic E-state index is 12.4. The lowest BCUT2D eigenvalue weighted by molar-refractivity contribution is -0.138. The summed E-state index contributed by atoms with van der Waals surface area (Å²) in [5.41, 5.74) is -2.66. The summed E-state index contributed by atoms with van der Waals surface area (Å²) in [5, 5.41) is 88.0. The molecule has 13 N–H and O–H groups in total. The van der Waals surface area contributed by atoms with E-state index in [2.05, 4.69) is 19.9 Å². The number of aliphatic hydroxyl groups is 1. The third kappa shape index (κ3) is 12.7. The number of hydrogen-bond donors (Lipinski definition) is 13. The van der Waals surface area contributed by atoms with E-state index in [1.807, 2.05) is 0 Å². The molecular weight excluding hydrogens is 808 g/mol. The van der Waals surface area contributed by atoms with Gasteiger partial charge in [-0.3, -0.25) is 38.4 Å². The molecule has 21 heteroatoms. The minimum atomic E-state index is -2.12. The molecule has 0 radical (unpaired) electrons. The number of H-pyrrole nitrogens is 4. The monoisotopic (exact) mass is 862 g/mol. The van der Waals surface area contributed by atoms with E-state index in [0.29, 0.717) is 0 Å². The predicted octanol–water partition coefficient (Wildman–Crippen LogP) is 1.84. The number of aliphatic hydroxyl groups excluding tert-OH is 1. The van der Waals surface area contributed by atoms with Crippen molar-refractivity contribution in [2.24, 2.45) is 0 Å². The zero-order valence-corrected chi connectivity index (χ0v) is 32.2. The van der Waals surface area contributed by atoms with Gasteiger partial charge in [0.1, 0.15) is 0 Å². The molecule has 328 valence electrons. The van der Waals surface area contributed by atoms with Crippen molar-refractivity contribution in [1.29, 1.82) is 0 Å². The number of nitrogens with one attached hydrogen (secondary N) is 4. The Labute approximate surface area is 350 Å². The number of carbonyl (C=O) groups is 8. The van der Waals surface area contributed by atoms with E-state index in [4.69, 9.17) is 1.37 Å². The van der Waals surface area contributed by atoms with Crippen molar-refractivity contribution in [3.8, 4) is 0 Å². The Kier molecular flexibility index (Phi) is 13.8. The van der Waals surface area contributed by atoms with Crippen molar-refractivity contribution in [3.05, 3.63) is 90.6 Å². The zero-order valence-electron chi connectivity index (χ0n) is 36.2. The summed E-state index contributed by atoms with van der Waals surface area (Å²) in [6.07, 6.45) is -11.4. The molecule has 0 bridgehead atoms. The van der Waals surface area contributed by atoms with E-state index in [-0.39, 0.29) is 85.1 Å². The van der Waals surface area contributed by atoms with Gasteiger partial charge in [0.15, 0.2) is 0 Å². The van der Waals surface area contributed by atoms with Gasteiger partial charge in [-0.2, -0.15) is 0 Å². The molecule has 0 saturated carbocycles. The number of carboxylic acid groups (broad SMARTS) is 8. The van der Waals surface area contributed by atoms with Gasteiger partial charge in [0.05, 0.1) is 33.6 Å². The average Bonchev–Trinajstić information content (AvgIpc) is 3.95. The van der Waals surface area contributed by atoms with Gasteiger partial charge in [-0.05, 0) is 70.2 Å². The summed E-state index contributed by atoms with van der Waals surface area (Å²) in [6.45, 7) is -2.12. The highest BCUT2D eigenvalue weighted by atomic mass is 16.4. The second kappa shape index (κ2) is 20.7. The van der Waals surface area contributed by atoms with Crippen LogP contribution < -0.4 is 0 Å². The summed E-state index contributed by atoms with van der Waals surface area (Å²) >= 11 is 0. The Morgan fingerprint density at radius 3 is 1.03 bits per heavy atom. The summed E-state index contributed by atoms with van der Waals surface area (Å²) in [5.74, 6) is -11.1. The van der Waals surface area contributed by atoms with Gasteiger partial charge >= 0.3 is 47.8 Å². The van der Waals surface area contributed by atoms with Crippen molar-refractivity contribution in [2.45, 2.75) is 103 Å². The van der Waals surface area contributed by atoms with Gasteiger partial charge in [0, 0.05) is 95.0 Å². The van der Waals surface area contributed by atoms with Crippen LogP contribution in [0.5, 0.6) is 0 Å². The number of carboxylic acids is 8. The smallest absolute Gasteiger partial charge is 0.307 e. The molecule has 4 rings (SSSR count). The van der Waals surface area contributed by atoms with E-state index in [0.717, 1.165) is 0 Å².